The molecule has 24 heavy (non-hydrogen) atoms. The number of para-hydroxylation sites is 3. The molecular formula is C18H17N5O. The van der Waals surface area contributed by atoms with Crippen molar-refractivity contribution in [2.45, 2.75) is 13.0 Å². The Labute approximate surface area is 139 Å². The van der Waals surface area contributed by atoms with Crippen molar-refractivity contribution in [2.75, 3.05) is 16.8 Å². The van der Waals surface area contributed by atoms with E-state index >= 15 is 0 Å². The number of carbonyl (C=O) groups excluding carboxylic acids is 1. The van der Waals surface area contributed by atoms with Crippen molar-refractivity contribution < 1.29 is 4.79 Å². The average molecular weight is 319 g/mol. The standard InChI is InChI=1S/C18H17N5O/c24-18(13-22-12-10-19-21-22)20-15-6-2-4-8-17(15)23-11-9-14-5-1-3-7-16(14)23/h1-8,10,12H,9,11,13H2,(H,20,24). The smallest absolute Gasteiger partial charge is 0.246 e. The summed E-state index contributed by atoms with van der Waals surface area (Å²) in [5, 5.41) is 10.5. The molecule has 1 N–H and O–H groups in total. The summed E-state index contributed by atoms with van der Waals surface area (Å²) >= 11 is 0. The van der Waals surface area contributed by atoms with Gasteiger partial charge in [-0.2, -0.15) is 0 Å². The molecule has 2 heterocycles. The second-order valence-electron chi connectivity index (χ2n) is 5.70. The number of hydrogen-bond donors (Lipinski definition) is 1. The van der Waals surface area contributed by atoms with Crippen LogP contribution >= 0.6 is 0 Å². The lowest BCUT2D eigenvalue weighted by molar-refractivity contribution is -0.116. The summed E-state index contributed by atoms with van der Waals surface area (Å²) in [5.41, 5.74) is 4.35. The summed E-state index contributed by atoms with van der Waals surface area (Å²) in [6, 6.07) is 16.3. The van der Waals surface area contributed by atoms with Gasteiger partial charge in [0.1, 0.15) is 6.54 Å². The van der Waals surface area contributed by atoms with Crippen LogP contribution in [-0.2, 0) is 17.8 Å². The predicted molar refractivity (Wildman–Crippen MR) is 92.2 cm³/mol. The minimum absolute atomic E-state index is 0.125. The number of rotatable bonds is 4. The molecule has 0 fully saturated rings. The second kappa shape index (κ2) is 6.16. The van der Waals surface area contributed by atoms with Gasteiger partial charge >= 0.3 is 0 Å². The molecule has 6 nitrogen and oxygen atoms in total. The van der Waals surface area contributed by atoms with Crippen LogP contribution in [-0.4, -0.2) is 27.4 Å². The number of nitrogens with zero attached hydrogens (tertiary/aromatic N) is 4. The van der Waals surface area contributed by atoms with E-state index in [0.29, 0.717) is 0 Å². The fourth-order valence-corrected chi connectivity index (χ4v) is 3.06. The first-order valence-corrected chi connectivity index (χ1v) is 7.90. The highest BCUT2D eigenvalue weighted by Crippen LogP contribution is 2.38. The first-order chi connectivity index (χ1) is 11.8. The van der Waals surface area contributed by atoms with Crippen LogP contribution in [0.2, 0.25) is 0 Å². The van der Waals surface area contributed by atoms with E-state index in [1.54, 1.807) is 12.4 Å². The molecule has 2 aromatic carbocycles. The van der Waals surface area contributed by atoms with Gasteiger partial charge in [0.05, 0.1) is 17.6 Å². The van der Waals surface area contributed by atoms with E-state index in [0.717, 1.165) is 24.3 Å². The van der Waals surface area contributed by atoms with Crippen LogP contribution in [0.1, 0.15) is 5.56 Å². The number of fused-ring (bicyclic) bond motifs is 1. The topological polar surface area (TPSA) is 63.1 Å². The fourth-order valence-electron chi connectivity index (χ4n) is 3.06. The van der Waals surface area contributed by atoms with Gasteiger partial charge in [-0.25, -0.2) is 4.68 Å². The Kier molecular flexibility index (Phi) is 3.70. The summed E-state index contributed by atoms with van der Waals surface area (Å²) in [6.45, 7) is 1.06. The van der Waals surface area contributed by atoms with E-state index in [1.165, 1.54) is 15.9 Å². The lowest BCUT2D eigenvalue weighted by Crippen LogP contribution is -2.21. The van der Waals surface area contributed by atoms with Crippen LogP contribution < -0.4 is 10.2 Å². The number of amides is 1. The normalized spacial score (nSPS) is 12.9. The van der Waals surface area contributed by atoms with Gasteiger partial charge < -0.3 is 10.2 Å². The van der Waals surface area contributed by atoms with Gasteiger partial charge in [-0.05, 0) is 30.2 Å². The molecule has 6 heteroatoms. The predicted octanol–water partition coefficient (Wildman–Crippen LogP) is 2.61. The molecule has 0 radical (unpaired) electrons. The number of hydrogen-bond acceptors (Lipinski definition) is 4. The molecule has 3 aromatic rings. The van der Waals surface area contributed by atoms with Crippen molar-refractivity contribution in [1.29, 1.82) is 0 Å². The molecule has 4 rings (SSSR count). The SMILES string of the molecule is O=C(Cn1ccnn1)Nc1ccccc1N1CCc2ccccc21. The number of benzene rings is 2. The summed E-state index contributed by atoms with van der Waals surface area (Å²) in [7, 11) is 0. The Hall–Kier alpha value is -3.15. The minimum Gasteiger partial charge on any atom is -0.339 e. The summed E-state index contributed by atoms with van der Waals surface area (Å²) < 4.78 is 1.50. The molecule has 0 saturated heterocycles. The number of anilines is 3. The van der Waals surface area contributed by atoms with E-state index in [2.05, 4.69) is 38.7 Å². The van der Waals surface area contributed by atoms with Crippen LogP contribution in [0.15, 0.2) is 60.9 Å². The van der Waals surface area contributed by atoms with Crippen LogP contribution in [0.3, 0.4) is 0 Å². The Morgan fingerprint density at radius 2 is 1.88 bits per heavy atom. The Morgan fingerprint density at radius 1 is 1.08 bits per heavy atom. The van der Waals surface area contributed by atoms with Crippen molar-refractivity contribution in [3.8, 4) is 0 Å². The van der Waals surface area contributed by atoms with Gasteiger partial charge in [0.25, 0.3) is 0 Å². The zero-order valence-corrected chi connectivity index (χ0v) is 13.1. The van der Waals surface area contributed by atoms with Gasteiger partial charge in [0.15, 0.2) is 0 Å². The maximum atomic E-state index is 12.3. The molecule has 0 atom stereocenters. The lowest BCUT2D eigenvalue weighted by atomic mass is 10.2. The third-order valence-corrected chi connectivity index (χ3v) is 4.13. The highest BCUT2D eigenvalue weighted by molar-refractivity contribution is 5.95. The Bertz CT molecular complexity index is 859. The maximum absolute atomic E-state index is 12.3. The number of nitrogens with one attached hydrogen (secondary N) is 1. The summed E-state index contributed by atoms with van der Waals surface area (Å²) in [4.78, 5) is 14.5. The monoisotopic (exact) mass is 319 g/mol. The molecule has 120 valence electrons. The van der Waals surface area contributed by atoms with Crippen molar-refractivity contribution in [3.63, 3.8) is 0 Å². The third kappa shape index (κ3) is 2.74. The molecule has 0 aliphatic carbocycles. The molecular weight excluding hydrogens is 302 g/mol. The zero-order valence-electron chi connectivity index (χ0n) is 13.1. The minimum atomic E-state index is -0.125. The highest BCUT2D eigenvalue weighted by atomic mass is 16.2. The molecule has 0 saturated carbocycles. The average Bonchev–Trinajstić information content (AvgIpc) is 3.25. The molecule has 1 aromatic heterocycles. The summed E-state index contributed by atoms with van der Waals surface area (Å²) in [6.07, 6.45) is 4.24. The highest BCUT2D eigenvalue weighted by Gasteiger charge is 2.22. The van der Waals surface area contributed by atoms with E-state index in [-0.39, 0.29) is 12.5 Å². The Balaban J connectivity index is 1.59. The maximum Gasteiger partial charge on any atom is 0.246 e. The number of aromatic nitrogens is 3. The van der Waals surface area contributed by atoms with Gasteiger partial charge in [-0.1, -0.05) is 35.5 Å². The third-order valence-electron chi connectivity index (χ3n) is 4.13. The van der Waals surface area contributed by atoms with Crippen molar-refractivity contribution in [2.24, 2.45) is 0 Å². The van der Waals surface area contributed by atoms with Crippen molar-refractivity contribution in [1.82, 2.24) is 15.0 Å². The van der Waals surface area contributed by atoms with Gasteiger partial charge in [-0.15, -0.1) is 5.10 Å². The molecule has 1 aliphatic rings. The van der Waals surface area contributed by atoms with E-state index < -0.39 is 0 Å². The van der Waals surface area contributed by atoms with Crippen molar-refractivity contribution in [3.05, 3.63) is 66.5 Å². The van der Waals surface area contributed by atoms with Crippen LogP contribution in [0, 0.1) is 0 Å². The molecule has 0 unspecified atom stereocenters. The molecule has 0 spiro atoms. The largest absolute Gasteiger partial charge is 0.339 e. The second-order valence-corrected chi connectivity index (χ2v) is 5.70. The first-order valence-electron chi connectivity index (χ1n) is 7.90. The molecule has 1 amide bonds. The van der Waals surface area contributed by atoms with Gasteiger partial charge in [-0.3, -0.25) is 4.79 Å². The van der Waals surface area contributed by atoms with E-state index in [1.807, 2.05) is 30.3 Å². The number of carbonyl (C=O) groups is 1. The quantitative estimate of drug-likeness (QED) is 0.803. The molecule has 1 aliphatic heterocycles. The summed E-state index contributed by atoms with van der Waals surface area (Å²) in [5.74, 6) is -0.125. The van der Waals surface area contributed by atoms with E-state index in [9.17, 15) is 4.79 Å². The van der Waals surface area contributed by atoms with E-state index in [4.69, 9.17) is 0 Å². The van der Waals surface area contributed by atoms with Gasteiger partial charge in [0, 0.05) is 18.4 Å². The lowest BCUT2D eigenvalue weighted by Gasteiger charge is -2.23. The van der Waals surface area contributed by atoms with Crippen molar-refractivity contribution >= 4 is 23.0 Å². The zero-order chi connectivity index (χ0) is 16.4. The first kappa shape index (κ1) is 14.4. The fraction of sp³-hybridized carbons (Fsp3) is 0.167. The Morgan fingerprint density at radius 3 is 2.71 bits per heavy atom. The van der Waals surface area contributed by atoms with Crippen LogP contribution in [0.25, 0.3) is 0 Å². The van der Waals surface area contributed by atoms with Crippen LogP contribution in [0.5, 0.6) is 0 Å². The van der Waals surface area contributed by atoms with Crippen LogP contribution in [0.4, 0.5) is 17.1 Å². The van der Waals surface area contributed by atoms with Gasteiger partial charge in [0.2, 0.25) is 5.91 Å². The molecule has 0 bridgehead atoms.